The summed E-state index contributed by atoms with van der Waals surface area (Å²) >= 11 is 5.79. The number of aliphatic hydroxyl groups is 1. The number of rotatable bonds is 6. The van der Waals surface area contributed by atoms with E-state index in [2.05, 4.69) is 19.2 Å². The van der Waals surface area contributed by atoms with Crippen LogP contribution < -0.4 is 5.32 Å². The van der Waals surface area contributed by atoms with Crippen LogP contribution in [0, 0.1) is 0 Å². The zero-order chi connectivity index (χ0) is 12.0. The quantitative estimate of drug-likeness (QED) is 0.802. The van der Waals surface area contributed by atoms with E-state index in [-0.39, 0.29) is 0 Å². The summed E-state index contributed by atoms with van der Waals surface area (Å²) in [5.41, 5.74) is 0.903. The van der Waals surface area contributed by atoms with Gasteiger partial charge in [-0.3, -0.25) is 0 Å². The fraction of sp³-hybridized carbons (Fsp3) is 0.538. The molecule has 2 unspecified atom stereocenters. The van der Waals surface area contributed by atoms with Crippen molar-refractivity contribution in [3.63, 3.8) is 0 Å². The van der Waals surface area contributed by atoms with Crippen LogP contribution in [0.2, 0.25) is 5.02 Å². The van der Waals surface area contributed by atoms with E-state index in [4.69, 9.17) is 11.6 Å². The fourth-order valence-electron chi connectivity index (χ4n) is 1.65. The maximum atomic E-state index is 9.92. The molecule has 0 amide bonds. The van der Waals surface area contributed by atoms with Crippen LogP contribution in [-0.2, 0) is 0 Å². The van der Waals surface area contributed by atoms with Gasteiger partial charge < -0.3 is 10.4 Å². The molecule has 0 aromatic heterocycles. The van der Waals surface area contributed by atoms with Crippen LogP contribution in [0.1, 0.15) is 38.4 Å². The Kier molecular flexibility index (Phi) is 5.81. The van der Waals surface area contributed by atoms with E-state index in [0.717, 1.165) is 18.4 Å². The summed E-state index contributed by atoms with van der Waals surface area (Å²) in [5.74, 6) is 0. The van der Waals surface area contributed by atoms with Crippen molar-refractivity contribution < 1.29 is 5.11 Å². The van der Waals surface area contributed by atoms with Crippen molar-refractivity contribution in [3.05, 3.63) is 34.9 Å². The Labute approximate surface area is 103 Å². The van der Waals surface area contributed by atoms with Gasteiger partial charge in [-0.2, -0.15) is 0 Å². The Hall–Kier alpha value is -0.570. The van der Waals surface area contributed by atoms with Gasteiger partial charge in [0.05, 0.1) is 6.10 Å². The Morgan fingerprint density at radius 1 is 1.31 bits per heavy atom. The van der Waals surface area contributed by atoms with Crippen molar-refractivity contribution in [1.82, 2.24) is 5.32 Å². The first-order valence-corrected chi connectivity index (χ1v) is 6.18. The van der Waals surface area contributed by atoms with E-state index in [9.17, 15) is 5.11 Å². The zero-order valence-electron chi connectivity index (χ0n) is 9.91. The maximum absolute atomic E-state index is 9.92. The number of nitrogens with one attached hydrogen (secondary N) is 1. The average Bonchev–Trinajstić information content (AvgIpc) is 2.27. The third kappa shape index (κ3) is 4.52. The lowest BCUT2D eigenvalue weighted by molar-refractivity contribution is 0.170. The van der Waals surface area contributed by atoms with Crippen LogP contribution in [0.4, 0.5) is 0 Å². The van der Waals surface area contributed by atoms with Crippen molar-refractivity contribution >= 4 is 11.6 Å². The third-order valence-electron chi connectivity index (χ3n) is 2.64. The number of benzene rings is 1. The first-order chi connectivity index (χ1) is 7.63. The highest BCUT2D eigenvalue weighted by Crippen LogP contribution is 2.15. The highest BCUT2D eigenvalue weighted by molar-refractivity contribution is 6.30. The summed E-state index contributed by atoms with van der Waals surface area (Å²) in [6.07, 6.45) is 1.83. The molecule has 0 spiro atoms. The number of hydrogen-bond donors (Lipinski definition) is 2. The molecule has 90 valence electrons. The molecule has 2 atom stereocenters. The van der Waals surface area contributed by atoms with Crippen LogP contribution >= 0.6 is 11.6 Å². The number of aliphatic hydroxyl groups excluding tert-OH is 1. The summed E-state index contributed by atoms with van der Waals surface area (Å²) < 4.78 is 0. The number of hydrogen-bond acceptors (Lipinski definition) is 2. The summed E-state index contributed by atoms with van der Waals surface area (Å²) in [4.78, 5) is 0. The molecule has 0 aliphatic heterocycles. The molecule has 1 aromatic carbocycles. The van der Waals surface area contributed by atoms with Crippen molar-refractivity contribution in [1.29, 1.82) is 0 Å². The Balaban J connectivity index is 2.40. The smallest absolute Gasteiger partial charge is 0.0914 e. The second kappa shape index (κ2) is 6.89. The monoisotopic (exact) mass is 241 g/mol. The minimum absolute atomic E-state index is 0.451. The highest BCUT2D eigenvalue weighted by Gasteiger charge is 2.08. The molecule has 0 saturated carbocycles. The lowest BCUT2D eigenvalue weighted by Crippen LogP contribution is -2.30. The van der Waals surface area contributed by atoms with Crippen molar-refractivity contribution in [2.45, 2.75) is 38.8 Å². The molecular formula is C13H20ClNO. The Morgan fingerprint density at radius 3 is 2.50 bits per heavy atom. The molecular weight excluding hydrogens is 222 g/mol. The maximum Gasteiger partial charge on any atom is 0.0914 e. The first kappa shape index (κ1) is 13.5. The van der Waals surface area contributed by atoms with E-state index in [1.807, 2.05) is 12.1 Å². The van der Waals surface area contributed by atoms with E-state index in [0.29, 0.717) is 17.6 Å². The van der Waals surface area contributed by atoms with Crippen LogP contribution in [0.5, 0.6) is 0 Å². The molecule has 1 rings (SSSR count). The molecule has 0 bridgehead atoms. The van der Waals surface area contributed by atoms with E-state index >= 15 is 0 Å². The van der Waals surface area contributed by atoms with Gasteiger partial charge >= 0.3 is 0 Å². The average molecular weight is 242 g/mol. The molecule has 1 aromatic rings. The van der Waals surface area contributed by atoms with E-state index in [1.165, 1.54) is 0 Å². The van der Waals surface area contributed by atoms with Crippen molar-refractivity contribution in [3.8, 4) is 0 Å². The summed E-state index contributed by atoms with van der Waals surface area (Å²) in [5, 5.41) is 13.9. The minimum Gasteiger partial charge on any atom is -0.387 e. The van der Waals surface area contributed by atoms with Gasteiger partial charge in [0.25, 0.3) is 0 Å². The predicted molar refractivity (Wildman–Crippen MR) is 68.8 cm³/mol. The molecule has 0 saturated heterocycles. The SMILES string of the molecule is CCCC(C)NCC(O)c1ccc(Cl)cc1. The van der Waals surface area contributed by atoms with Gasteiger partial charge in [-0.25, -0.2) is 0 Å². The summed E-state index contributed by atoms with van der Waals surface area (Å²) in [7, 11) is 0. The molecule has 2 N–H and O–H groups in total. The molecule has 2 nitrogen and oxygen atoms in total. The number of halogens is 1. The Morgan fingerprint density at radius 2 is 1.94 bits per heavy atom. The fourth-order valence-corrected chi connectivity index (χ4v) is 1.78. The summed E-state index contributed by atoms with van der Waals surface area (Å²) in [6.45, 7) is 4.88. The van der Waals surface area contributed by atoms with Crippen molar-refractivity contribution in [2.24, 2.45) is 0 Å². The largest absolute Gasteiger partial charge is 0.387 e. The third-order valence-corrected chi connectivity index (χ3v) is 2.89. The van der Waals surface area contributed by atoms with Gasteiger partial charge in [0.1, 0.15) is 0 Å². The molecule has 0 aliphatic carbocycles. The van der Waals surface area contributed by atoms with Gasteiger partial charge in [-0.15, -0.1) is 0 Å². The molecule has 3 heteroatoms. The van der Waals surface area contributed by atoms with E-state index in [1.54, 1.807) is 12.1 Å². The van der Waals surface area contributed by atoms with Crippen LogP contribution in [0.3, 0.4) is 0 Å². The lowest BCUT2D eigenvalue weighted by atomic mass is 10.1. The standard InChI is InChI=1S/C13H20ClNO/c1-3-4-10(2)15-9-13(16)11-5-7-12(14)8-6-11/h5-8,10,13,15-16H,3-4,9H2,1-2H3. The first-order valence-electron chi connectivity index (χ1n) is 5.80. The van der Waals surface area contributed by atoms with Crippen LogP contribution in [0.15, 0.2) is 24.3 Å². The van der Waals surface area contributed by atoms with Gasteiger partial charge in [-0.05, 0) is 31.0 Å². The van der Waals surface area contributed by atoms with Gasteiger partial charge in [0, 0.05) is 17.6 Å². The van der Waals surface area contributed by atoms with E-state index < -0.39 is 6.10 Å². The van der Waals surface area contributed by atoms with Gasteiger partial charge in [-0.1, -0.05) is 37.1 Å². The van der Waals surface area contributed by atoms with Crippen molar-refractivity contribution in [2.75, 3.05) is 6.54 Å². The van der Waals surface area contributed by atoms with Crippen LogP contribution in [-0.4, -0.2) is 17.7 Å². The Bertz CT molecular complexity index is 299. The molecule has 0 fully saturated rings. The second-order valence-corrected chi connectivity index (χ2v) is 4.60. The predicted octanol–water partition coefficient (Wildman–Crippen LogP) is 3.15. The zero-order valence-corrected chi connectivity index (χ0v) is 10.7. The van der Waals surface area contributed by atoms with Gasteiger partial charge in [0.15, 0.2) is 0 Å². The lowest BCUT2D eigenvalue weighted by Gasteiger charge is -2.16. The van der Waals surface area contributed by atoms with Crippen LogP contribution in [0.25, 0.3) is 0 Å². The summed E-state index contributed by atoms with van der Waals surface area (Å²) in [6, 6.07) is 7.77. The molecule has 0 aliphatic rings. The second-order valence-electron chi connectivity index (χ2n) is 4.17. The topological polar surface area (TPSA) is 32.3 Å². The highest BCUT2D eigenvalue weighted by atomic mass is 35.5. The molecule has 16 heavy (non-hydrogen) atoms. The molecule has 0 radical (unpaired) electrons. The normalized spacial score (nSPS) is 14.8. The minimum atomic E-state index is -0.462. The molecule has 0 heterocycles. The van der Waals surface area contributed by atoms with Gasteiger partial charge in [0.2, 0.25) is 0 Å².